The maximum atomic E-state index is 10.0. The topological polar surface area (TPSA) is 20.2 Å². The van der Waals surface area contributed by atoms with Crippen molar-refractivity contribution in [1.29, 1.82) is 0 Å². The van der Waals surface area contributed by atoms with Crippen molar-refractivity contribution in [1.82, 2.24) is 0 Å². The van der Waals surface area contributed by atoms with Crippen molar-refractivity contribution in [3.63, 3.8) is 0 Å². The van der Waals surface area contributed by atoms with E-state index in [4.69, 9.17) is 0 Å². The summed E-state index contributed by atoms with van der Waals surface area (Å²) in [6, 6.07) is 2.24. The number of aryl methyl sites for hydroxylation is 1. The van der Waals surface area contributed by atoms with Crippen LogP contribution in [0.2, 0.25) is 0 Å². The minimum atomic E-state index is 0.508. The number of halogens is 1. The first-order valence-corrected chi connectivity index (χ1v) is 6.10. The van der Waals surface area contributed by atoms with Gasteiger partial charge in [-0.15, -0.1) is 0 Å². The molecule has 1 aromatic carbocycles. The Labute approximate surface area is 92.3 Å². The number of aromatic hydroxyl groups is 1. The van der Waals surface area contributed by atoms with E-state index >= 15 is 0 Å². The van der Waals surface area contributed by atoms with Crippen molar-refractivity contribution in [2.45, 2.75) is 38.0 Å². The van der Waals surface area contributed by atoms with Gasteiger partial charge < -0.3 is 5.11 Å². The smallest absolute Gasteiger partial charge is 0.133 e. The van der Waals surface area contributed by atoms with Crippen LogP contribution in [-0.4, -0.2) is 5.11 Å². The van der Waals surface area contributed by atoms with E-state index in [9.17, 15) is 5.11 Å². The maximum absolute atomic E-state index is 10.0. The number of benzene rings is 1. The molecule has 2 aliphatic carbocycles. The first-order chi connectivity index (χ1) is 6.77. The number of phenolic OH excluding ortho intramolecular Hbond substituents is 1. The van der Waals surface area contributed by atoms with Crippen LogP contribution in [0.1, 0.15) is 41.9 Å². The molecule has 1 saturated carbocycles. The lowest BCUT2D eigenvalue weighted by Crippen LogP contribution is -1.90. The number of hydrogen-bond donors (Lipinski definition) is 1. The molecule has 14 heavy (non-hydrogen) atoms. The number of hydrogen-bond acceptors (Lipinski definition) is 1. The average Bonchev–Trinajstić information content (AvgIpc) is 2.91. The summed E-state index contributed by atoms with van der Waals surface area (Å²) in [5.41, 5.74) is 3.97. The van der Waals surface area contributed by atoms with E-state index in [1.807, 2.05) is 0 Å². The highest BCUT2D eigenvalue weighted by atomic mass is 79.9. The zero-order valence-electron chi connectivity index (χ0n) is 8.02. The second-order valence-corrected chi connectivity index (χ2v) is 5.19. The van der Waals surface area contributed by atoms with Crippen molar-refractivity contribution in [2.24, 2.45) is 0 Å². The molecular weight excluding hydrogens is 240 g/mol. The van der Waals surface area contributed by atoms with E-state index in [0.717, 1.165) is 10.9 Å². The molecular formula is C12H13BrO. The summed E-state index contributed by atoms with van der Waals surface area (Å²) in [6.07, 6.45) is 6.04. The largest absolute Gasteiger partial charge is 0.506 e. The Balaban J connectivity index is 2.18. The Morgan fingerprint density at radius 3 is 2.79 bits per heavy atom. The first kappa shape index (κ1) is 8.78. The SMILES string of the molecule is Oc1c(C2CC2)cc2c(c1Br)CCC2. The highest BCUT2D eigenvalue weighted by Crippen LogP contribution is 2.49. The van der Waals surface area contributed by atoms with Crippen molar-refractivity contribution < 1.29 is 5.11 Å². The molecule has 0 radical (unpaired) electrons. The lowest BCUT2D eigenvalue weighted by Gasteiger charge is -2.10. The van der Waals surface area contributed by atoms with Gasteiger partial charge in [0.2, 0.25) is 0 Å². The summed E-state index contributed by atoms with van der Waals surface area (Å²) in [5.74, 6) is 1.14. The lowest BCUT2D eigenvalue weighted by atomic mass is 10.0. The van der Waals surface area contributed by atoms with Crippen LogP contribution >= 0.6 is 15.9 Å². The molecule has 0 atom stereocenters. The minimum Gasteiger partial charge on any atom is -0.506 e. The van der Waals surface area contributed by atoms with Gasteiger partial charge in [0, 0.05) is 0 Å². The minimum absolute atomic E-state index is 0.508. The molecule has 0 saturated heterocycles. The fourth-order valence-electron chi connectivity index (χ4n) is 2.41. The van der Waals surface area contributed by atoms with E-state index in [1.165, 1.54) is 42.4 Å². The quantitative estimate of drug-likeness (QED) is 0.811. The molecule has 0 heterocycles. The molecule has 1 aromatic rings. The average molecular weight is 253 g/mol. The van der Waals surface area contributed by atoms with Crippen LogP contribution in [0.4, 0.5) is 0 Å². The molecule has 0 spiro atoms. The molecule has 1 N–H and O–H groups in total. The van der Waals surface area contributed by atoms with Crippen molar-refractivity contribution in [3.8, 4) is 5.75 Å². The van der Waals surface area contributed by atoms with Crippen molar-refractivity contribution in [3.05, 3.63) is 27.2 Å². The molecule has 2 heteroatoms. The molecule has 1 nitrogen and oxygen atoms in total. The Morgan fingerprint density at radius 2 is 2.07 bits per heavy atom. The summed E-state index contributed by atoms with van der Waals surface area (Å²) in [6.45, 7) is 0. The second kappa shape index (κ2) is 2.99. The molecule has 3 rings (SSSR count). The van der Waals surface area contributed by atoms with E-state index in [1.54, 1.807) is 0 Å². The Kier molecular flexibility index (Phi) is 1.88. The predicted molar refractivity (Wildman–Crippen MR) is 59.8 cm³/mol. The van der Waals surface area contributed by atoms with Crippen LogP contribution < -0.4 is 0 Å². The van der Waals surface area contributed by atoms with E-state index in [2.05, 4.69) is 22.0 Å². The highest BCUT2D eigenvalue weighted by molar-refractivity contribution is 9.10. The summed E-state index contributed by atoms with van der Waals surface area (Å²) in [5, 5.41) is 10.0. The zero-order chi connectivity index (χ0) is 9.71. The van der Waals surface area contributed by atoms with Crippen LogP contribution in [0.25, 0.3) is 0 Å². The normalized spacial score (nSPS) is 19.8. The highest BCUT2D eigenvalue weighted by Gasteiger charge is 2.29. The van der Waals surface area contributed by atoms with Crippen molar-refractivity contribution >= 4 is 15.9 Å². The summed E-state index contributed by atoms with van der Waals surface area (Å²) >= 11 is 3.53. The Hall–Kier alpha value is -0.500. The van der Waals surface area contributed by atoms with Gasteiger partial charge in [0.15, 0.2) is 0 Å². The van der Waals surface area contributed by atoms with E-state index in [-0.39, 0.29) is 0 Å². The van der Waals surface area contributed by atoms with Gasteiger partial charge in [-0.05, 0) is 70.6 Å². The van der Waals surface area contributed by atoms with Gasteiger partial charge in [-0.1, -0.05) is 6.07 Å². The van der Waals surface area contributed by atoms with Crippen LogP contribution in [0.3, 0.4) is 0 Å². The third kappa shape index (κ3) is 1.20. The molecule has 0 aromatic heterocycles. The van der Waals surface area contributed by atoms with Gasteiger partial charge in [0.1, 0.15) is 5.75 Å². The van der Waals surface area contributed by atoms with Crippen LogP contribution in [0, 0.1) is 0 Å². The molecule has 1 fully saturated rings. The third-order valence-corrected chi connectivity index (χ3v) is 4.21. The van der Waals surface area contributed by atoms with E-state index < -0.39 is 0 Å². The van der Waals surface area contributed by atoms with Gasteiger partial charge in [-0.2, -0.15) is 0 Å². The van der Waals surface area contributed by atoms with Crippen LogP contribution in [0.15, 0.2) is 10.5 Å². The van der Waals surface area contributed by atoms with Gasteiger partial charge in [0.25, 0.3) is 0 Å². The standard InChI is InChI=1S/C12H13BrO/c13-11-9-3-1-2-8(9)6-10(12(11)14)7-4-5-7/h6-7,14H,1-5H2. The van der Waals surface area contributed by atoms with Gasteiger partial charge >= 0.3 is 0 Å². The summed E-state index contributed by atoms with van der Waals surface area (Å²) < 4.78 is 0.967. The van der Waals surface area contributed by atoms with Crippen molar-refractivity contribution in [2.75, 3.05) is 0 Å². The summed E-state index contributed by atoms with van der Waals surface area (Å²) in [4.78, 5) is 0. The van der Waals surface area contributed by atoms with E-state index in [0.29, 0.717) is 11.7 Å². The molecule has 2 aliphatic rings. The maximum Gasteiger partial charge on any atom is 0.133 e. The van der Waals surface area contributed by atoms with Crippen LogP contribution in [-0.2, 0) is 12.8 Å². The molecule has 0 unspecified atom stereocenters. The Bertz CT molecular complexity index is 394. The molecule has 74 valence electrons. The predicted octanol–water partition coefficient (Wildman–Crippen LogP) is 3.52. The monoisotopic (exact) mass is 252 g/mol. The molecule has 0 bridgehead atoms. The van der Waals surface area contributed by atoms with Gasteiger partial charge in [-0.3, -0.25) is 0 Å². The fraction of sp³-hybridized carbons (Fsp3) is 0.500. The van der Waals surface area contributed by atoms with Gasteiger partial charge in [-0.25, -0.2) is 0 Å². The van der Waals surface area contributed by atoms with Crippen LogP contribution in [0.5, 0.6) is 5.75 Å². The Morgan fingerprint density at radius 1 is 1.29 bits per heavy atom. The number of fused-ring (bicyclic) bond motifs is 1. The zero-order valence-corrected chi connectivity index (χ0v) is 9.60. The summed E-state index contributed by atoms with van der Waals surface area (Å²) in [7, 11) is 0. The second-order valence-electron chi connectivity index (χ2n) is 4.39. The fourth-order valence-corrected chi connectivity index (χ4v) is 3.09. The first-order valence-electron chi connectivity index (χ1n) is 5.30. The molecule has 0 aliphatic heterocycles. The van der Waals surface area contributed by atoms with Gasteiger partial charge in [0.05, 0.1) is 4.47 Å². The lowest BCUT2D eigenvalue weighted by molar-refractivity contribution is 0.464. The third-order valence-electron chi connectivity index (χ3n) is 3.35. The molecule has 0 amide bonds. The number of rotatable bonds is 1. The number of phenols is 1.